The van der Waals surface area contributed by atoms with Gasteiger partial charge in [-0.15, -0.1) is 0 Å². The van der Waals surface area contributed by atoms with E-state index in [1.54, 1.807) is 17.1 Å². The number of nitrogens with one attached hydrogen (secondary N) is 1. The summed E-state index contributed by atoms with van der Waals surface area (Å²) in [5, 5.41) is 7.02. The number of hydrogen-bond acceptors (Lipinski definition) is 6. The lowest BCUT2D eigenvalue weighted by Crippen LogP contribution is -2.53. The van der Waals surface area contributed by atoms with Crippen LogP contribution in [0.25, 0.3) is 16.9 Å². The third-order valence-corrected chi connectivity index (χ3v) is 4.77. The molecule has 0 atom stereocenters. The fourth-order valence-electron chi connectivity index (χ4n) is 3.45. The van der Waals surface area contributed by atoms with E-state index in [2.05, 4.69) is 20.4 Å². The molecule has 9 heteroatoms. The second-order valence-corrected chi connectivity index (χ2v) is 8.84. The standard InChI is InChI=1S/C20H26N6O3/c1-19(2,3)24-18(27)28-14-9-20(4,10-14)29-17-23-15(13-11-22-25(5)12-13)8-16-21-6-7-26(16)17/h6-8,11-12,14H,9-10H2,1-5H3,(H,24,27). The molecule has 3 aromatic heterocycles. The topological polar surface area (TPSA) is 95.6 Å². The molecule has 0 radical (unpaired) electrons. The first-order valence-electron chi connectivity index (χ1n) is 9.61. The van der Waals surface area contributed by atoms with E-state index in [1.165, 1.54) is 0 Å². The highest BCUT2D eigenvalue weighted by molar-refractivity contribution is 5.68. The third kappa shape index (κ3) is 4.18. The number of ether oxygens (including phenoxy) is 2. The Kier molecular flexibility index (Phi) is 4.48. The molecule has 0 saturated heterocycles. The highest BCUT2D eigenvalue weighted by Crippen LogP contribution is 2.38. The van der Waals surface area contributed by atoms with E-state index in [0.29, 0.717) is 18.9 Å². The maximum absolute atomic E-state index is 12.0. The zero-order chi connectivity index (χ0) is 20.8. The number of nitrogens with zero attached hydrogens (tertiary/aromatic N) is 5. The number of aromatic nitrogens is 5. The van der Waals surface area contributed by atoms with Crippen LogP contribution in [0.4, 0.5) is 4.79 Å². The number of alkyl carbamates (subject to hydrolysis) is 1. The first-order chi connectivity index (χ1) is 13.6. The first-order valence-corrected chi connectivity index (χ1v) is 9.61. The molecule has 154 valence electrons. The fourth-order valence-corrected chi connectivity index (χ4v) is 3.45. The number of carbonyl (C=O) groups excluding carboxylic acids is 1. The van der Waals surface area contributed by atoms with Crippen molar-refractivity contribution in [3.05, 3.63) is 30.9 Å². The van der Waals surface area contributed by atoms with Gasteiger partial charge in [0, 0.05) is 55.6 Å². The Morgan fingerprint density at radius 3 is 2.76 bits per heavy atom. The molecule has 1 N–H and O–H groups in total. The molecule has 0 aliphatic heterocycles. The molecule has 0 aromatic carbocycles. The summed E-state index contributed by atoms with van der Waals surface area (Å²) in [5.74, 6) is 0. The molecule has 1 saturated carbocycles. The lowest BCUT2D eigenvalue weighted by atomic mass is 9.79. The van der Waals surface area contributed by atoms with Gasteiger partial charge in [0.15, 0.2) is 0 Å². The summed E-state index contributed by atoms with van der Waals surface area (Å²) < 4.78 is 15.3. The van der Waals surface area contributed by atoms with Crippen LogP contribution in [-0.2, 0) is 11.8 Å². The third-order valence-electron chi connectivity index (χ3n) is 4.77. The van der Waals surface area contributed by atoms with E-state index < -0.39 is 11.7 Å². The van der Waals surface area contributed by atoms with Gasteiger partial charge < -0.3 is 14.8 Å². The van der Waals surface area contributed by atoms with E-state index in [9.17, 15) is 4.79 Å². The van der Waals surface area contributed by atoms with Gasteiger partial charge in [0.25, 0.3) is 0 Å². The van der Waals surface area contributed by atoms with Crippen molar-refractivity contribution >= 4 is 11.7 Å². The van der Waals surface area contributed by atoms with Crippen LogP contribution in [0.2, 0.25) is 0 Å². The van der Waals surface area contributed by atoms with Crippen molar-refractivity contribution in [2.45, 2.75) is 57.8 Å². The number of aryl methyl sites for hydroxylation is 1. The van der Waals surface area contributed by atoms with Crippen LogP contribution in [0.1, 0.15) is 40.5 Å². The van der Waals surface area contributed by atoms with Gasteiger partial charge in [0.05, 0.1) is 11.9 Å². The van der Waals surface area contributed by atoms with E-state index in [-0.39, 0.29) is 11.6 Å². The fraction of sp³-hybridized carbons (Fsp3) is 0.500. The van der Waals surface area contributed by atoms with Gasteiger partial charge in [-0.05, 0) is 27.7 Å². The Hall–Kier alpha value is -3.10. The van der Waals surface area contributed by atoms with Crippen molar-refractivity contribution in [2.24, 2.45) is 7.05 Å². The predicted octanol–water partition coefficient (Wildman–Crippen LogP) is 2.95. The number of amides is 1. The number of fused-ring (bicyclic) bond motifs is 1. The van der Waals surface area contributed by atoms with Gasteiger partial charge in [-0.1, -0.05) is 0 Å². The molecule has 1 aliphatic carbocycles. The highest BCUT2D eigenvalue weighted by Gasteiger charge is 2.46. The van der Waals surface area contributed by atoms with Crippen molar-refractivity contribution in [3.8, 4) is 17.3 Å². The summed E-state index contributed by atoms with van der Waals surface area (Å²) >= 11 is 0. The van der Waals surface area contributed by atoms with Crippen LogP contribution in [-0.4, -0.2) is 47.5 Å². The molecule has 3 aromatic rings. The molecule has 1 fully saturated rings. The Bertz CT molecular complexity index is 1040. The van der Waals surface area contributed by atoms with Gasteiger partial charge in [-0.2, -0.15) is 10.1 Å². The predicted molar refractivity (Wildman–Crippen MR) is 107 cm³/mol. The Labute approximate surface area is 169 Å². The van der Waals surface area contributed by atoms with Crippen LogP contribution < -0.4 is 10.1 Å². The van der Waals surface area contributed by atoms with Crippen LogP contribution in [0.5, 0.6) is 6.01 Å². The SMILES string of the molecule is Cn1cc(-c2cc3nccn3c(OC3(C)CC(OC(=O)NC(C)(C)C)C3)n2)cn1. The molecule has 0 bridgehead atoms. The minimum atomic E-state index is -0.468. The largest absolute Gasteiger partial charge is 0.458 e. The van der Waals surface area contributed by atoms with E-state index in [4.69, 9.17) is 9.47 Å². The van der Waals surface area contributed by atoms with Gasteiger partial charge >= 0.3 is 12.1 Å². The maximum Gasteiger partial charge on any atom is 0.407 e. The zero-order valence-corrected chi connectivity index (χ0v) is 17.3. The monoisotopic (exact) mass is 398 g/mol. The Morgan fingerprint density at radius 1 is 1.34 bits per heavy atom. The maximum atomic E-state index is 12.0. The summed E-state index contributed by atoms with van der Waals surface area (Å²) in [4.78, 5) is 21.0. The van der Waals surface area contributed by atoms with Crippen LogP contribution in [0.3, 0.4) is 0 Å². The normalized spacial score (nSPS) is 21.6. The lowest BCUT2D eigenvalue weighted by Gasteiger charge is -2.43. The first kappa shape index (κ1) is 19.2. The molecule has 1 amide bonds. The smallest absolute Gasteiger partial charge is 0.407 e. The summed E-state index contributed by atoms with van der Waals surface area (Å²) in [6.45, 7) is 7.74. The van der Waals surface area contributed by atoms with Crippen LogP contribution >= 0.6 is 0 Å². The average molecular weight is 398 g/mol. The molecule has 0 unspecified atom stereocenters. The van der Waals surface area contributed by atoms with Gasteiger partial charge in [0.2, 0.25) is 0 Å². The number of carbonyl (C=O) groups is 1. The Balaban J connectivity index is 1.48. The van der Waals surface area contributed by atoms with Gasteiger partial charge in [0.1, 0.15) is 17.4 Å². The van der Waals surface area contributed by atoms with Crippen molar-refractivity contribution in [1.82, 2.24) is 29.5 Å². The summed E-state index contributed by atoms with van der Waals surface area (Å²) in [6.07, 6.45) is 7.79. The Morgan fingerprint density at radius 2 is 2.10 bits per heavy atom. The van der Waals surface area contributed by atoms with Crippen molar-refractivity contribution in [2.75, 3.05) is 0 Å². The average Bonchev–Trinajstić information content (AvgIpc) is 3.20. The van der Waals surface area contributed by atoms with E-state index in [1.807, 2.05) is 57.6 Å². The molecule has 9 nitrogen and oxygen atoms in total. The molecule has 0 spiro atoms. The van der Waals surface area contributed by atoms with E-state index >= 15 is 0 Å². The number of rotatable bonds is 4. The summed E-state index contributed by atoms with van der Waals surface area (Å²) in [6, 6.07) is 2.36. The van der Waals surface area contributed by atoms with Gasteiger partial charge in [-0.25, -0.2) is 9.78 Å². The second-order valence-electron chi connectivity index (χ2n) is 8.84. The zero-order valence-electron chi connectivity index (χ0n) is 17.3. The highest BCUT2D eigenvalue weighted by atomic mass is 16.6. The van der Waals surface area contributed by atoms with E-state index in [0.717, 1.165) is 16.9 Å². The molecular weight excluding hydrogens is 372 g/mol. The van der Waals surface area contributed by atoms with Crippen molar-refractivity contribution in [1.29, 1.82) is 0 Å². The lowest BCUT2D eigenvalue weighted by molar-refractivity contribution is -0.0912. The number of imidazole rings is 1. The van der Waals surface area contributed by atoms with Crippen LogP contribution in [0, 0.1) is 0 Å². The molecular formula is C20H26N6O3. The quantitative estimate of drug-likeness (QED) is 0.726. The minimum Gasteiger partial charge on any atom is -0.458 e. The second kappa shape index (κ2) is 6.75. The summed E-state index contributed by atoms with van der Waals surface area (Å²) in [5.41, 5.74) is 1.58. The molecule has 1 aliphatic rings. The molecule has 3 heterocycles. The molecule has 29 heavy (non-hydrogen) atoms. The van der Waals surface area contributed by atoms with Gasteiger partial charge in [-0.3, -0.25) is 9.08 Å². The number of hydrogen-bond donors (Lipinski definition) is 1. The summed E-state index contributed by atoms with van der Waals surface area (Å²) in [7, 11) is 1.86. The molecule has 4 rings (SSSR count). The minimum absolute atomic E-state index is 0.179. The van der Waals surface area contributed by atoms with Crippen molar-refractivity contribution in [3.63, 3.8) is 0 Å². The van der Waals surface area contributed by atoms with Crippen molar-refractivity contribution < 1.29 is 14.3 Å². The van der Waals surface area contributed by atoms with Crippen LogP contribution in [0.15, 0.2) is 30.9 Å².